The number of anilines is 1. The summed E-state index contributed by atoms with van der Waals surface area (Å²) < 4.78 is 5.29. The molecular formula is C30H17NO6. The van der Waals surface area contributed by atoms with Crippen molar-refractivity contribution >= 4 is 51.2 Å². The molecule has 0 atom stereocenters. The molecule has 6 rings (SSSR count). The molecule has 0 amide bonds. The average molecular weight is 487 g/mol. The van der Waals surface area contributed by atoms with E-state index in [1.807, 2.05) is 42.5 Å². The van der Waals surface area contributed by atoms with Gasteiger partial charge in [-0.25, -0.2) is 4.79 Å². The number of hydrogen-bond donors (Lipinski definition) is 2. The van der Waals surface area contributed by atoms with Crippen molar-refractivity contribution in [1.82, 2.24) is 0 Å². The second kappa shape index (κ2) is 8.42. The summed E-state index contributed by atoms with van der Waals surface area (Å²) in [5, 5.41) is 15.7. The van der Waals surface area contributed by atoms with Crippen LogP contribution in [0.2, 0.25) is 0 Å². The molecule has 0 unspecified atom stereocenters. The normalized spacial score (nSPS) is 14.6. The van der Waals surface area contributed by atoms with Gasteiger partial charge in [0.25, 0.3) is 5.78 Å². The van der Waals surface area contributed by atoms with E-state index in [0.29, 0.717) is 11.3 Å². The molecule has 2 aliphatic carbocycles. The third-order valence-corrected chi connectivity index (χ3v) is 6.42. The van der Waals surface area contributed by atoms with Crippen LogP contribution in [0, 0.1) is 0 Å². The monoisotopic (exact) mass is 487 g/mol. The standard InChI is InChI=1S/C30H17NO6/c32-25-19-12-4-3-11-18(19)24(31-22-15-7-9-16-8-1-2-10-17(16)22)23(25)30(36)37-29-27(34)21-14-6-5-13-20(21)26(33)28(29)35/h1-15,31,34H. The molecule has 0 aromatic heterocycles. The first kappa shape index (κ1) is 22.2. The lowest BCUT2D eigenvalue weighted by Crippen LogP contribution is -2.28. The number of esters is 1. The first-order chi connectivity index (χ1) is 18.0. The summed E-state index contributed by atoms with van der Waals surface area (Å²) in [6.07, 6.45) is 0. The van der Waals surface area contributed by atoms with Gasteiger partial charge in [0.05, 0.1) is 5.70 Å². The molecule has 0 saturated carbocycles. The largest absolute Gasteiger partial charge is 0.504 e. The number of carbonyl (C=O) groups excluding carboxylic acids is 4. The summed E-state index contributed by atoms with van der Waals surface area (Å²) in [4.78, 5) is 52.0. The fourth-order valence-electron chi connectivity index (χ4n) is 4.66. The van der Waals surface area contributed by atoms with Gasteiger partial charge in [0.2, 0.25) is 17.3 Å². The van der Waals surface area contributed by atoms with Gasteiger partial charge in [0.1, 0.15) is 5.57 Å². The Bertz CT molecular complexity index is 1760. The topological polar surface area (TPSA) is 110 Å². The number of hydrogen-bond acceptors (Lipinski definition) is 7. The summed E-state index contributed by atoms with van der Waals surface area (Å²) in [6, 6.07) is 25.9. The number of allylic oxidation sites excluding steroid dienone is 1. The molecule has 7 heteroatoms. The molecule has 0 fully saturated rings. The Kier molecular flexibility index (Phi) is 5.05. The van der Waals surface area contributed by atoms with Crippen molar-refractivity contribution < 1.29 is 29.0 Å². The Morgan fingerprint density at radius 2 is 1.24 bits per heavy atom. The SMILES string of the molecule is O=C(OC1=C(O)c2ccccc2C(=O)C1=O)C1=C(Nc2cccc3ccccc23)c2ccccc2C1=O. The van der Waals surface area contributed by atoms with E-state index in [4.69, 9.17) is 4.74 Å². The molecule has 0 saturated heterocycles. The summed E-state index contributed by atoms with van der Waals surface area (Å²) in [5.41, 5.74) is 1.37. The van der Waals surface area contributed by atoms with Crippen molar-refractivity contribution in [1.29, 1.82) is 0 Å². The quantitative estimate of drug-likeness (QED) is 0.234. The molecule has 7 nitrogen and oxygen atoms in total. The molecule has 0 radical (unpaired) electrons. The number of nitrogens with one attached hydrogen (secondary N) is 1. The van der Waals surface area contributed by atoms with Crippen molar-refractivity contribution in [3.05, 3.63) is 125 Å². The Balaban J connectivity index is 1.46. The summed E-state index contributed by atoms with van der Waals surface area (Å²) in [6.45, 7) is 0. The Labute approximate surface area is 210 Å². The number of Topliss-reactive ketones (excluding diaryl/α,β-unsaturated/α-hetero) is 3. The maximum atomic E-state index is 13.4. The third-order valence-electron chi connectivity index (χ3n) is 6.42. The maximum absolute atomic E-state index is 13.4. The minimum absolute atomic E-state index is 0.00618. The lowest BCUT2D eigenvalue weighted by Gasteiger charge is -2.17. The Morgan fingerprint density at radius 3 is 2.00 bits per heavy atom. The van der Waals surface area contributed by atoms with Gasteiger partial charge in [-0.15, -0.1) is 0 Å². The molecule has 0 spiro atoms. The van der Waals surface area contributed by atoms with Crippen LogP contribution in [0.3, 0.4) is 0 Å². The molecule has 4 aromatic rings. The number of aliphatic hydroxyl groups excluding tert-OH is 1. The van der Waals surface area contributed by atoms with Gasteiger partial charge in [0, 0.05) is 33.3 Å². The lowest BCUT2D eigenvalue weighted by atomic mass is 9.92. The van der Waals surface area contributed by atoms with E-state index < -0.39 is 34.8 Å². The van der Waals surface area contributed by atoms with Gasteiger partial charge in [-0.05, 0) is 11.5 Å². The van der Waals surface area contributed by atoms with Crippen LogP contribution in [-0.4, -0.2) is 28.4 Å². The number of ether oxygens (including phenoxy) is 1. The predicted octanol–water partition coefficient (Wildman–Crippen LogP) is 5.09. The molecule has 178 valence electrons. The van der Waals surface area contributed by atoms with Crippen molar-refractivity contribution in [2.24, 2.45) is 0 Å². The van der Waals surface area contributed by atoms with Crippen molar-refractivity contribution in [3.63, 3.8) is 0 Å². The van der Waals surface area contributed by atoms with Gasteiger partial charge in [-0.1, -0.05) is 84.9 Å². The molecule has 2 N–H and O–H groups in total. The zero-order valence-electron chi connectivity index (χ0n) is 19.1. The van der Waals surface area contributed by atoms with E-state index in [1.54, 1.807) is 36.4 Å². The second-order valence-electron chi connectivity index (χ2n) is 8.55. The van der Waals surface area contributed by atoms with Crippen molar-refractivity contribution in [2.45, 2.75) is 0 Å². The number of ketones is 3. The molecule has 0 aliphatic heterocycles. The fraction of sp³-hybridized carbons (Fsp3) is 0. The first-order valence-corrected chi connectivity index (χ1v) is 11.4. The first-order valence-electron chi connectivity index (χ1n) is 11.4. The van der Waals surface area contributed by atoms with Gasteiger partial charge in [-0.3, -0.25) is 14.4 Å². The minimum atomic E-state index is -1.17. The van der Waals surface area contributed by atoms with E-state index in [2.05, 4.69) is 5.32 Å². The predicted molar refractivity (Wildman–Crippen MR) is 137 cm³/mol. The zero-order valence-corrected chi connectivity index (χ0v) is 19.1. The molecular weight excluding hydrogens is 470 g/mol. The number of fused-ring (bicyclic) bond motifs is 3. The summed E-state index contributed by atoms with van der Waals surface area (Å²) in [7, 11) is 0. The smallest absolute Gasteiger partial charge is 0.349 e. The highest BCUT2D eigenvalue weighted by molar-refractivity contribution is 6.52. The minimum Gasteiger partial charge on any atom is -0.504 e. The summed E-state index contributed by atoms with van der Waals surface area (Å²) in [5.74, 6) is -5.29. The third kappa shape index (κ3) is 3.44. The number of rotatable bonds is 4. The highest BCUT2D eigenvalue weighted by Gasteiger charge is 2.40. The van der Waals surface area contributed by atoms with Crippen LogP contribution in [0.5, 0.6) is 0 Å². The van der Waals surface area contributed by atoms with Gasteiger partial charge >= 0.3 is 5.97 Å². The van der Waals surface area contributed by atoms with Crippen LogP contribution in [0.15, 0.2) is 102 Å². The molecule has 2 aliphatic rings. The Morgan fingerprint density at radius 1 is 0.649 bits per heavy atom. The van der Waals surface area contributed by atoms with E-state index in [-0.39, 0.29) is 28.0 Å². The zero-order chi connectivity index (χ0) is 25.7. The maximum Gasteiger partial charge on any atom is 0.349 e. The van der Waals surface area contributed by atoms with Crippen LogP contribution >= 0.6 is 0 Å². The Hall–Kier alpha value is -5.30. The number of benzene rings is 4. The lowest BCUT2D eigenvalue weighted by molar-refractivity contribution is -0.137. The van der Waals surface area contributed by atoms with Crippen LogP contribution in [0.4, 0.5) is 5.69 Å². The van der Waals surface area contributed by atoms with E-state index in [1.165, 1.54) is 12.1 Å². The van der Waals surface area contributed by atoms with Gasteiger partial charge in [0.15, 0.2) is 5.76 Å². The van der Waals surface area contributed by atoms with Crippen LogP contribution in [0.25, 0.3) is 22.2 Å². The van der Waals surface area contributed by atoms with E-state index in [0.717, 1.165) is 10.8 Å². The van der Waals surface area contributed by atoms with Gasteiger partial charge in [-0.2, -0.15) is 0 Å². The van der Waals surface area contributed by atoms with Crippen molar-refractivity contribution in [3.8, 4) is 0 Å². The van der Waals surface area contributed by atoms with Gasteiger partial charge < -0.3 is 15.2 Å². The molecule has 4 aromatic carbocycles. The second-order valence-corrected chi connectivity index (χ2v) is 8.55. The summed E-state index contributed by atoms with van der Waals surface area (Å²) >= 11 is 0. The van der Waals surface area contributed by atoms with Crippen molar-refractivity contribution in [2.75, 3.05) is 5.32 Å². The highest BCUT2D eigenvalue weighted by atomic mass is 16.5. The van der Waals surface area contributed by atoms with E-state index in [9.17, 15) is 24.3 Å². The van der Waals surface area contributed by atoms with Crippen LogP contribution in [0.1, 0.15) is 31.8 Å². The number of aliphatic hydroxyl groups is 1. The average Bonchev–Trinajstić information content (AvgIpc) is 3.21. The fourth-order valence-corrected chi connectivity index (χ4v) is 4.66. The molecule has 37 heavy (non-hydrogen) atoms. The highest BCUT2D eigenvalue weighted by Crippen LogP contribution is 2.37. The van der Waals surface area contributed by atoms with Crippen LogP contribution < -0.4 is 5.32 Å². The van der Waals surface area contributed by atoms with E-state index >= 15 is 0 Å². The van der Waals surface area contributed by atoms with Crippen LogP contribution in [-0.2, 0) is 14.3 Å². The molecule has 0 heterocycles. The molecule has 0 bridgehead atoms. The number of carbonyl (C=O) groups is 4.